The lowest BCUT2D eigenvalue weighted by molar-refractivity contribution is -0.140. The first kappa shape index (κ1) is 22.0. The lowest BCUT2D eigenvalue weighted by atomic mass is 10.0. The van der Waals surface area contributed by atoms with Crippen LogP contribution in [0.25, 0.3) is 6.08 Å². The highest BCUT2D eigenvalue weighted by molar-refractivity contribution is 6.01. The molecule has 0 radical (unpaired) electrons. The Morgan fingerprint density at radius 2 is 1.52 bits per heavy atom. The Morgan fingerprint density at radius 1 is 0.897 bits per heavy atom. The van der Waals surface area contributed by atoms with E-state index in [1.165, 1.54) is 27.4 Å². The Bertz CT molecular complexity index is 904. The summed E-state index contributed by atoms with van der Waals surface area (Å²) >= 11 is 0. The maximum absolute atomic E-state index is 12.5. The summed E-state index contributed by atoms with van der Waals surface area (Å²) in [6.07, 6.45) is 1.92. The van der Waals surface area contributed by atoms with E-state index in [0.717, 1.165) is 11.1 Å². The first-order valence-corrected chi connectivity index (χ1v) is 9.10. The number of rotatable bonds is 8. The molecule has 6 nitrogen and oxygen atoms in total. The van der Waals surface area contributed by atoms with E-state index in [2.05, 4.69) is 0 Å². The summed E-state index contributed by atoms with van der Waals surface area (Å²) in [7, 11) is 4.54. The molecule has 0 heterocycles. The summed E-state index contributed by atoms with van der Waals surface area (Å²) in [5, 5.41) is 0. The molecule has 0 aliphatic carbocycles. The van der Waals surface area contributed by atoms with Crippen LogP contribution in [0.3, 0.4) is 0 Å². The quantitative estimate of drug-likeness (QED) is 0.378. The smallest absolute Gasteiger partial charge is 0.331 e. The lowest BCUT2D eigenvalue weighted by Gasteiger charge is -2.13. The third kappa shape index (κ3) is 5.38. The minimum absolute atomic E-state index is 0.248. The van der Waals surface area contributed by atoms with Gasteiger partial charge >= 0.3 is 5.97 Å². The highest BCUT2D eigenvalue weighted by Gasteiger charge is 2.19. The van der Waals surface area contributed by atoms with Crippen LogP contribution in [0.1, 0.15) is 34.0 Å². The minimum atomic E-state index is -0.894. The molecule has 6 heteroatoms. The van der Waals surface area contributed by atoms with Crippen molar-refractivity contribution in [2.75, 3.05) is 21.3 Å². The van der Waals surface area contributed by atoms with E-state index in [4.69, 9.17) is 18.9 Å². The number of aryl methyl sites for hydroxylation is 2. The van der Waals surface area contributed by atoms with Crippen molar-refractivity contribution in [1.29, 1.82) is 0 Å². The second-order valence-electron chi connectivity index (χ2n) is 6.53. The zero-order chi connectivity index (χ0) is 21.6. The van der Waals surface area contributed by atoms with Crippen LogP contribution in [0.5, 0.6) is 17.2 Å². The Hall–Kier alpha value is -3.28. The molecule has 0 saturated carbocycles. The number of hydrogen-bond donors (Lipinski definition) is 0. The Kier molecular flexibility index (Phi) is 7.42. The van der Waals surface area contributed by atoms with Crippen molar-refractivity contribution < 1.29 is 28.5 Å². The predicted molar refractivity (Wildman–Crippen MR) is 111 cm³/mol. The van der Waals surface area contributed by atoms with Crippen molar-refractivity contribution in [3.63, 3.8) is 0 Å². The third-order valence-electron chi connectivity index (χ3n) is 4.55. The largest absolute Gasteiger partial charge is 0.493 e. The van der Waals surface area contributed by atoms with Gasteiger partial charge in [0.1, 0.15) is 0 Å². The molecule has 0 aromatic heterocycles. The molecule has 0 aliphatic rings. The van der Waals surface area contributed by atoms with Crippen molar-refractivity contribution in [2.45, 2.75) is 26.9 Å². The maximum atomic E-state index is 12.5. The molecule has 0 bridgehead atoms. The van der Waals surface area contributed by atoms with E-state index >= 15 is 0 Å². The van der Waals surface area contributed by atoms with Crippen LogP contribution >= 0.6 is 0 Å². The lowest BCUT2D eigenvalue weighted by Crippen LogP contribution is -2.23. The van der Waals surface area contributed by atoms with E-state index in [1.54, 1.807) is 37.3 Å². The number of Topliss-reactive ketones (excluding diaryl/α,β-unsaturated/α-hetero) is 1. The number of carbonyl (C=O) groups excluding carboxylic acids is 2. The van der Waals surface area contributed by atoms with Gasteiger partial charge in [-0.25, -0.2) is 4.79 Å². The van der Waals surface area contributed by atoms with Gasteiger partial charge in [0.25, 0.3) is 0 Å². The molecule has 2 aromatic rings. The molecule has 0 unspecified atom stereocenters. The normalized spacial score (nSPS) is 11.8. The average molecular weight is 398 g/mol. The topological polar surface area (TPSA) is 71.1 Å². The molecule has 2 aromatic carbocycles. The van der Waals surface area contributed by atoms with Crippen LogP contribution in [-0.4, -0.2) is 39.2 Å². The van der Waals surface area contributed by atoms with Crippen LogP contribution in [0.4, 0.5) is 0 Å². The molecule has 2 rings (SSSR count). The maximum Gasteiger partial charge on any atom is 0.331 e. The number of benzene rings is 2. The number of carbonyl (C=O) groups is 2. The zero-order valence-electron chi connectivity index (χ0n) is 17.6. The third-order valence-corrected chi connectivity index (χ3v) is 4.55. The van der Waals surface area contributed by atoms with Crippen molar-refractivity contribution in [2.24, 2.45) is 0 Å². The van der Waals surface area contributed by atoms with Gasteiger partial charge in [0.15, 0.2) is 17.6 Å². The molecule has 0 saturated heterocycles. The van der Waals surface area contributed by atoms with Gasteiger partial charge in [-0.2, -0.15) is 0 Å². The van der Waals surface area contributed by atoms with Crippen molar-refractivity contribution in [3.8, 4) is 17.2 Å². The summed E-state index contributed by atoms with van der Waals surface area (Å²) in [5.41, 5.74) is 3.28. The molecule has 0 spiro atoms. The minimum Gasteiger partial charge on any atom is -0.493 e. The Balaban J connectivity index is 2.10. The fourth-order valence-electron chi connectivity index (χ4n) is 2.76. The van der Waals surface area contributed by atoms with Gasteiger partial charge < -0.3 is 18.9 Å². The number of esters is 1. The SMILES string of the molecule is COc1cc(/C=C/C(=O)O[C@H](C)C(=O)c2ccc(C)c(C)c2)cc(OC)c1OC. The number of hydrogen-bond acceptors (Lipinski definition) is 6. The van der Waals surface area contributed by atoms with Gasteiger partial charge in [0.2, 0.25) is 11.5 Å². The van der Waals surface area contributed by atoms with Gasteiger partial charge in [0.05, 0.1) is 21.3 Å². The summed E-state index contributed by atoms with van der Waals surface area (Å²) < 4.78 is 21.1. The van der Waals surface area contributed by atoms with Crippen molar-refractivity contribution >= 4 is 17.8 Å². The summed E-state index contributed by atoms with van der Waals surface area (Å²) in [6.45, 7) is 5.46. The van der Waals surface area contributed by atoms with Crippen LogP contribution in [0.2, 0.25) is 0 Å². The molecule has 1 atom stereocenters. The zero-order valence-corrected chi connectivity index (χ0v) is 17.6. The molecule has 0 amide bonds. The molecule has 0 fully saturated rings. The van der Waals surface area contributed by atoms with E-state index in [1.807, 2.05) is 19.9 Å². The van der Waals surface area contributed by atoms with E-state index in [0.29, 0.717) is 28.4 Å². The van der Waals surface area contributed by atoms with Gasteiger partial charge in [-0.15, -0.1) is 0 Å². The van der Waals surface area contributed by atoms with Crippen LogP contribution in [0, 0.1) is 13.8 Å². The van der Waals surface area contributed by atoms with E-state index < -0.39 is 12.1 Å². The van der Waals surface area contributed by atoms with Gasteiger partial charge in [0, 0.05) is 11.6 Å². The first-order valence-electron chi connectivity index (χ1n) is 9.10. The van der Waals surface area contributed by atoms with Crippen LogP contribution < -0.4 is 14.2 Å². The molecule has 154 valence electrons. The standard InChI is InChI=1S/C23H26O6/c1-14-7-9-18(11-15(14)2)22(25)16(3)29-21(24)10-8-17-12-19(26-4)23(28-6)20(13-17)27-5/h7-13,16H,1-6H3/b10-8+/t16-/m1/s1. The van der Waals surface area contributed by atoms with Gasteiger partial charge in [-0.1, -0.05) is 12.1 Å². The van der Waals surface area contributed by atoms with Crippen molar-refractivity contribution in [3.05, 3.63) is 58.7 Å². The number of methoxy groups -OCH3 is 3. The molecular weight excluding hydrogens is 372 g/mol. The Morgan fingerprint density at radius 3 is 2.03 bits per heavy atom. The number of ether oxygens (including phenoxy) is 4. The second kappa shape index (κ2) is 9.78. The average Bonchev–Trinajstić information content (AvgIpc) is 2.72. The summed E-state index contributed by atoms with van der Waals surface area (Å²) in [4.78, 5) is 24.7. The van der Waals surface area contributed by atoms with Crippen LogP contribution in [0.15, 0.2) is 36.4 Å². The molecular formula is C23H26O6. The number of ketones is 1. The molecule has 0 aliphatic heterocycles. The highest BCUT2D eigenvalue weighted by atomic mass is 16.5. The monoisotopic (exact) mass is 398 g/mol. The van der Waals surface area contributed by atoms with Crippen LogP contribution in [-0.2, 0) is 9.53 Å². The highest BCUT2D eigenvalue weighted by Crippen LogP contribution is 2.38. The summed E-state index contributed by atoms with van der Waals surface area (Å²) in [5.74, 6) is 0.532. The van der Waals surface area contributed by atoms with Crippen molar-refractivity contribution in [1.82, 2.24) is 0 Å². The van der Waals surface area contributed by atoms with E-state index in [9.17, 15) is 9.59 Å². The summed E-state index contributed by atoms with van der Waals surface area (Å²) in [6, 6.07) is 8.82. The Labute approximate surface area is 171 Å². The second-order valence-corrected chi connectivity index (χ2v) is 6.53. The molecule has 0 N–H and O–H groups in total. The first-order chi connectivity index (χ1) is 13.8. The fourth-order valence-corrected chi connectivity index (χ4v) is 2.76. The van der Waals surface area contributed by atoms with Gasteiger partial charge in [-0.3, -0.25) is 4.79 Å². The predicted octanol–water partition coefficient (Wildman–Crippen LogP) is 4.16. The fraction of sp³-hybridized carbons (Fsp3) is 0.304. The van der Waals surface area contributed by atoms with E-state index in [-0.39, 0.29) is 5.78 Å². The molecule has 29 heavy (non-hydrogen) atoms. The van der Waals surface area contributed by atoms with Gasteiger partial charge in [-0.05, 0) is 61.7 Å².